The van der Waals surface area contributed by atoms with Crippen molar-refractivity contribution in [1.82, 2.24) is 5.32 Å². The molecule has 2 N–H and O–H groups in total. The molecule has 0 saturated carbocycles. The van der Waals surface area contributed by atoms with Crippen LogP contribution in [-0.4, -0.2) is 24.5 Å². The molecule has 2 amide bonds. The van der Waals surface area contributed by atoms with Crippen LogP contribution in [0.25, 0.3) is 0 Å². The van der Waals surface area contributed by atoms with Crippen LogP contribution in [-0.2, 0) is 4.79 Å². The molecule has 0 aliphatic heterocycles. The number of rotatable bonds is 6. The van der Waals surface area contributed by atoms with Crippen molar-refractivity contribution in [2.75, 3.05) is 11.9 Å². The fourth-order valence-electron chi connectivity index (χ4n) is 2.15. The molecule has 0 bridgehead atoms. The predicted octanol–water partition coefficient (Wildman–Crippen LogP) is 3.91. The van der Waals surface area contributed by atoms with Crippen molar-refractivity contribution in [2.24, 2.45) is 0 Å². The first kappa shape index (κ1) is 19.0. The summed E-state index contributed by atoms with van der Waals surface area (Å²) in [5.74, 6) is 0.130. The summed E-state index contributed by atoms with van der Waals surface area (Å²) >= 11 is 3.41. The van der Waals surface area contributed by atoms with E-state index in [9.17, 15) is 9.59 Å². The first-order valence-electron chi connectivity index (χ1n) is 7.95. The molecule has 0 radical (unpaired) electrons. The smallest absolute Gasteiger partial charge is 0.262 e. The number of hydrogen-bond donors (Lipinski definition) is 2. The van der Waals surface area contributed by atoms with Crippen molar-refractivity contribution in [2.45, 2.75) is 26.8 Å². The summed E-state index contributed by atoms with van der Waals surface area (Å²) in [6, 6.07) is 12.5. The number of nitrogens with one attached hydrogen (secondary N) is 2. The average Bonchev–Trinajstić information content (AvgIpc) is 2.53. The van der Waals surface area contributed by atoms with E-state index in [4.69, 9.17) is 4.74 Å². The number of ether oxygens (including phenoxy) is 1. The van der Waals surface area contributed by atoms with Gasteiger partial charge in [-0.1, -0.05) is 12.1 Å². The normalized spacial score (nSPS) is 10.4. The van der Waals surface area contributed by atoms with Crippen LogP contribution >= 0.6 is 15.9 Å². The number of hydrogen-bond acceptors (Lipinski definition) is 3. The van der Waals surface area contributed by atoms with Crippen LogP contribution in [0.5, 0.6) is 5.75 Å². The number of benzene rings is 2. The fraction of sp³-hybridized carbons (Fsp3) is 0.263. The van der Waals surface area contributed by atoms with Gasteiger partial charge in [0, 0.05) is 17.3 Å². The Kier molecular flexibility index (Phi) is 6.58. The van der Waals surface area contributed by atoms with Gasteiger partial charge in [0.15, 0.2) is 6.61 Å². The van der Waals surface area contributed by atoms with Gasteiger partial charge < -0.3 is 15.4 Å². The molecule has 0 aliphatic carbocycles. The molecule has 25 heavy (non-hydrogen) atoms. The third-order valence-corrected chi connectivity index (χ3v) is 3.89. The van der Waals surface area contributed by atoms with Crippen LogP contribution in [0.2, 0.25) is 0 Å². The molecule has 0 heterocycles. The molecular formula is C19H21BrN2O3. The maximum absolute atomic E-state index is 12.1. The van der Waals surface area contributed by atoms with Crippen LogP contribution in [0.1, 0.15) is 29.8 Å². The van der Waals surface area contributed by atoms with Crippen LogP contribution < -0.4 is 15.4 Å². The van der Waals surface area contributed by atoms with E-state index < -0.39 is 0 Å². The molecule has 6 heteroatoms. The Hall–Kier alpha value is -2.34. The number of aryl methyl sites for hydroxylation is 1. The van der Waals surface area contributed by atoms with Gasteiger partial charge in [-0.05, 0) is 72.6 Å². The van der Waals surface area contributed by atoms with E-state index in [0.29, 0.717) is 17.0 Å². The SMILES string of the molecule is Cc1ccc(OCC(=O)Nc2cccc(C(=O)NC(C)C)c2)c(Br)c1. The Morgan fingerprint density at radius 3 is 2.60 bits per heavy atom. The van der Waals surface area contributed by atoms with Gasteiger partial charge in [0.25, 0.3) is 11.8 Å². The lowest BCUT2D eigenvalue weighted by Crippen LogP contribution is -2.30. The predicted molar refractivity (Wildman–Crippen MR) is 102 cm³/mol. The molecule has 5 nitrogen and oxygen atoms in total. The van der Waals surface area contributed by atoms with Crippen molar-refractivity contribution < 1.29 is 14.3 Å². The molecule has 2 rings (SSSR count). The lowest BCUT2D eigenvalue weighted by Gasteiger charge is -2.11. The summed E-state index contributed by atoms with van der Waals surface area (Å²) in [4.78, 5) is 24.1. The molecule has 0 aromatic heterocycles. The van der Waals surface area contributed by atoms with Crippen molar-refractivity contribution in [1.29, 1.82) is 0 Å². The van der Waals surface area contributed by atoms with E-state index in [0.717, 1.165) is 10.0 Å². The zero-order valence-corrected chi connectivity index (χ0v) is 16.0. The second kappa shape index (κ2) is 8.67. The highest BCUT2D eigenvalue weighted by Crippen LogP contribution is 2.25. The summed E-state index contributed by atoms with van der Waals surface area (Å²) in [6.45, 7) is 5.64. The molecule has 0 aliphatic rings. The number of anilines is 1. The maximum atomic E-state index is 12.1. The monoisotopic (exact) mass is 404 g/mol. The van der Waals surface area contributed by atoms with E-state index in [1.54, 1.807) is 24.3 Å². The van der Waals surface area contributed by atoms with Gasteiger partial charge >= 0.3 is 0 Å². The molecule has 0 spiro atoms. The number of carbonyl (C=O) groups excluding carboxylic acids is 2. The summed E-state index contributed by atoms with van der Waals surface area (Å²) in [7, 11) is 0. The van der Waals surface area contributed by atoms with Crippen molar-refractivity contribution in [3.63, 3.8) is 0 Å². The molecule has 0 atom stereocenters. The van der Waals surface area contributed by atoms with Crippen LogP contribution in [0, 0.1) is 6.92 Å². The minimum atomic E-state index is -0.297. The zero-order chi connectivity index (χ0) is 18.4. The Morgan fingerprint density at radius 2 is 1.92 bits per heavy atom. The van der Waals surface area contributed by atoms with Gasteiger partial charge in [0.1, 0.15) is 5.75 Å². The van der Waals surface area contributed by atoms with Crippen molar-refractivity contribution in [3.05, 3.63) is 58.1 Å². The Balaban J connectivity index is 1.95. The topological polar surface area (TPSA) is 67.4 Å². The third-order valence-electron chi connectivity index (χ3n) is 3.27. The van der Waals surface area contributed by atoms with Gasteiger partial charge in [0.2, 0.25) is 0 Å². The van der Waals surface area contributed by atoms with Crippen LogP contribution in [0.15, 0.2) is 46.9 Å². The maximum Gasteiger partial charge on any atom is 0.262 e. The summed E-state index contributed by atoms with van der Waals surface area (Å²) in [6.07, 6.45) is 0. The Labute approximate surface area is 155 Å². The molecule has 132 valence electrons. The van der Waals surface area contributed by atoms with Gasteiger partial charge in [0.05, 0.1) is 4.47 Å². The Bertz CT molecular complexity index is 775. The third kappa shape index (κ3) is 5.90. The van der Waals surface area contributed by atoms with E-state index >= 15 is 0 Å². The molecule has 2 aromatic rings. The lowest BCUT2D eigenvalue weighted by molar-refractivity contribution is -0.118. The van der Waals surface area contributed by atoms with Crippen molar-refractivity contribution >= 4 is 33.4 Å². The first-order chi connectivity index (χ1) is 11.8. The van der Waals surface area contributed by atoms with E-state index in [1.165, 1.54) is 0 Å². The summed E-state index contributed by atoms with van der Waals surface area (Å²) in [5, 5.41) is 5.55. The van der Waals surface area contributed by atoms with Gasteiger partial charge in [-0.2, -0.15) is 0 Å². The number of carbonyl (C=O) groups is 2. The van der Waals surface area contributed by atoms with E-state index in [2.05, 4.69) is 26.6 Å². The Morgan fingerprint density at radius 1 is 1.16 bits per heavy atom. The van der Waals surface area contributed by atoms with E-state index in [1.807, 2.05) is 39.0 Å². The second-order valence-electron chi connectivity index (χ2n) is 5.98. The highest BCUT2D eigenvalue weighted by atomic mass is 79.9. The fourth-order valence-corrected chi connectivity index (χ4v) is 2.75. The highest BCUT2D eigenvalue weighted by Gasteiger charge is 2.10. The minimum Gasteiger partial charge on any atom is -0.483 e. The minimum absolute atomic E-state index is 0.0482. The van der Waals surface area contributed by atoms with E-state index in [-0.39, 0.29) is 24.5 Å². The lowest BCUT2D eigenvalue weighted by atomic mass is 10.2. The van der Waals surface area contributed by atoms with Gasteiger partial charge in [-0.3, -0.25) is 9.59 Å². The molecule has 0 unspecified atom stereocenters. The number of halogens is 1. The second-order valence-corrected chi connectivity index (χ2v) is 6.83. The molecule has 2 aromatic carbocycles. The standard InChI is InChI=1S/C19H21BrN2O3/c1-12(2)21-19(24)14-5-4-6-15(10-14)22-18(23)11-25-17-8-7-13(3)9-16(17)20/h4-10,12H,11H2,1-3H3,(H,21,24)(H,22,23). The molecular weight excluding hydrogens is 384 g/mol. The largest absolute Gasteiger partial charge is 0.483 e. The van der Waals surface area contributed by atoms with Crippen LogP contribution in [0.3, 0.4) is 0 Å². The van der Waals surface area contributed by atoms with Crippen molar-refractivity contribution in [3.8, 4) is 5.75 Å². The average molecular weight is 405 g/mol. The molecule has 0 saturated heterocycles. The summed E-state index contributed by atoms with van der Waals surface area (Å²) in [5.41, 5.74) is 2.14. The quantitative estimate of drug-likeness (QED) is 0.766. The van der Waals surface area contributed by atoms with Gasteiger partial charge in [-0.15, -0.1) is 0 Å². The zero-order valence-electron chi connectivity index (χ0n) is 14.4. The summed E-state index contributed by atoms with van der Waals surface area (Å²) < 4.78 is 6.32. The first-order valence-corrected chi connectivity index (χ1v) is 8.74. The molecule has 0 fully saturated rings. The van der Waals surface area contributed by atoms with Gasteiger partial charge in [-0.25, -0.2) is 0 Å². The highest BCUT2D eigenvalue weighted by molar-refractivity contribution is 9.10. The van der Waals surface area contributed by atoms with Crippen LogP contribution in [0.4, 0.5) is 5.69 Å². The number of amides is 2.